The van der Waals surface area contributed by atoms with Gasteiger partial charge in [-0.3, -0.25) is 0 Å². The summed E-state index contributed by atoms with van der Waals surface area (Å²) in [6.45, 7) is 1.86. The lowest BCUT2D eigenvalue weighted by Crippen LogP contribution is -2.34. The third-order valence-corrected chi connectivity index (χ3v) is 4.54. The van der Waals surface area contributed by atoms with Crippen LogP contribution < -0.4 is 0 Å². The monoisotopic (exact) mass is 406 g/mol. The van der Waals surface area contributed by atoms with Crippen LogP contribution in [0.25, 0.3) is 11.2 Å². The molecule has 1 atom stereocenters. The van der Waals surface area contributed by atoms with Crippen molar-refractivity contribution in [2.24, 2.45) is 0 Å². The highest BCUT2D eigenvalue weighted by Crippen LogP contribution is 2.34. The summed E-state index contributed by atoms with van der Waals surface area (Å²) in [6, 6.07) is 11.5. The fourth-order valence-electron chi connectivity index (χ4n) is 3.09. The van der Waals surface area contributed by atoms with Crippen molar-refractivity contribution < 1.29 is 22.7 Å². The van der Waals surface area contributed by atoms with E-state index < -0.39 is 24.1 Å². The maximum atomic E-state index is 13.6. The van der Waals surface area contributed by atoms with E-state index in [4.69, 9.17) is 4.74 Å². The van der Waals surface area contributed by atoms with Gasteiger partial charge in [0.25, 0.3) is 0 Å². The highest BCUT2D eigenvalue weighted by molar-refractivity contribution is 5.71. The summed E-state index contributed by atoms with van der Waals surface area (Å²) in [5.41, 5.74) is 1.12. The SMILES string of the molecule is CC[C@@H](CN(C)C(=O)OCc1ccccc1)n1c(C(F)(F)F)nc2cccnc21. The quantitative estimate of drug-likeness (QED) is 0.597. The van der Waals surface area contributed by atoms with Crippen molar-refractivity contribution in [1.29, 1.82) is 0 Å². The van der Waals surface area contributed by atoms with Crippen LogP contribution in [-0.4, -0.2) is 39.1 Å². The molecule has 0 unspecified atom stereocenters. The molecule has 1 aromatic carbocycles. The summed E-state index contributed by atoms with van der Waals surface area (Å²) in [6.07, 6.45) is -3.48. The molecule has 0 N–H and O–H groups in total. The number of carbonyl (C=O) groups is 1. The Morgan fingerprint density at radius 3 is 2.59 bits per heavy atom. The zero-order valence-electron chi connectivity index (χ0n) is 16.1. The van der Waals surface area contributed by atoms with E-state index >= 15 is 0 Å². The van der Waals surface area contributed by atoms with E-state index in [9.17, 15) is 18.0 Å². The number of aromatic nitrogens is 3. The van der Waals surface area contributed by atoms with E-state index in [1.807, 2.05) is 30.3 Å². The molecule has 0 radical (unpaired) electrons. The van der Waals surface area contributed by atoms with Crippen LogP contribution in [0.1, 0.15) is 30.8 Å². The number of alkyl halides is 3. The van der Waals surface area contributed by atoms with E-state index in [0.29, 0.717) is 6.42 Å². The van der Waals surface area contributed by atoms with Crippen molar-refractivity contribution in [1.82, 2.24) is 19.4 Å². The smallest absolute Gasteiger partial charge is 0.445 e. The minimum atomic E-state index is -4.64. The van der Waals surface area contributed by atoms with Crippen molar-refractivity contribution in [3.05, 3.63) is 60.0 Å². The second kappa shape index (κ2) is 8.50. The third kappa shape index (κ3) is 4.67. The van der Waals surface area contributed by atoms with Crippen molar-refractivity contribution in [2.75, 3.05) is 13.6 Å². The van der Waals surface area contributed by atoms with Gasteiger partial charge in [-0.15, -0.1) is 0 Å². The van der Waals surface area contributed by atoms with Gasteiger partial charge in [-0.25, -0.2) is 14.8 Å². The molecule has 29 heavy (non-hydrogen) atoms. The molecule has 0 saturated heterocycles. The summed E-state index contributed by atoms with van der Waals surface area (Å²) >= 11 is 0. The Bertz CT molecular complexity index is 973. The number of pyridine rings is 1. The minimum Gasteiger partial charge on any atom is -0.445 e. The maximum absolute atomic E-state index is 13.6. The highest BCUT2D eigenvalue weighted by Gasteiger charge is 2.39. The van der Waals surface area contributed by atoms with Crippen LogP contribution in [0.15, 0.2) is 48.7 Å². The number of rotatable bonds is 6. The molecule has 3 rings (SSSR count). The van der Waals surface area contributed by atoms with E-state index in [1.165, 1.54) is 30.3 Å². The average Bonchev–Trinajstić information content (AvgIpc) is 3.11. The molecule has 0 saturated carbocycles. The van der Waals surface area contributed by atoms with E-state index in [-0.39, 0.29) is 24.3 Å². The number of likely N-dealkylation sites (N-methyl/N-ethyl adjacent to an activating group) is 1. The lowest BCUT2D eigenvalue weighted by molar-refractivity contribution is -0.147. The Balaban J connectivity index is 1.80. The van der Waals surface area contributed by atoms with Gasteiger partial charge in [0.05, 0.1) is 6.04 Å². The van der Waals surface area contributed by atoms with Gasteiger partial charge in [-0.1, -0.05) is 37.3 Å². The number of hydrogen-bond acceptors (Lipinski definition) is 4. The van der Waals surface area contributed by atoms with Gasteiger partial charge in [0.1, 0.15) is 12.1 Å². The Labute approximate surface area is 165 Å². The number of amides is 1. The number of ether oxygens (including phenoxy) is 1. The minimum absolute atomic E-state index is 0.0231. The van der Waals surface area contributed by atoms with Crippen molar-refractivity contribution in [3.63, 3.8) is 0 Å². The Kier molecular flexibility index (Phi) is 6.05. The number of imidazole rings is 1. The third-order valence-electron chi connectivity index (χ3n) is 4.54. The van der Waals surface area contributed by atoms with Crippen molar-refractivity contribution in [2.45, 2.75) is 32.2 Å². The van der Waals surface area contributed by atoms with Gasteiger partial charge in [0.2, 0.25) is 5.82 Å². The number of halogens is 3. The molecule has 0 spiro atoms. The summed E-state index contributed by atoms with van der Waals surface area (Å²) in [5, 5.41) is 0. The van der Waals surface area contributed by atoms with Gasteiger partial charge in [-0.2, -0.15) is 13.2 Å². The second-order valence-electron chi connectivity index (χ2n) is 6.63. The molecule has 154 valence electrons. The molecule has 0 aliphatic rings. The molecular weight excluding hydrogens is 385 g/mol. The predicted molar refractivity (Wildman–Crippen MR) is 101 cm³/mol. The summed E-state index contributed by atoms with van der Waals surface area (Å²) in [7, 11) is 1.50. The van der Waals surface area contributed by atoms with Crippen LogP contribution >= 0.6 is 0 Å². The molecule has 3 aromatic rings. The fraction of sp³-hybridized carbons (Fsp3) is 0.350. The topological polar surface area (TPSA) is 60.2 Å². The first-order chi connectivity index (χ1) is 13.8. The highest BCUT2D eigenvalue weighted by atomic mass is 19.4. The van der Waals surface area contributed by atoms with Gasteiger partial charge < -0.3 is 14.2 Å². The average molecular weight is 406 g/mol. The predicted octanol–water partition coefficient (Wildman–Crippen LogP) is 4.67. The molecule has 0 aliphatic heterocycles. The first-order valence-corrected chi connectivity index (χ1v) is 9.13. The molecule has 1 amide bonds. The molecule has 0 bridgehead atoms. The molecule has 0 fully saturated rings. The van der Waals surface area contributed by atoms with E-state index in [1.54, 1.807) is 6.92 Å². The Hall–Kier alpha value is -3.10. The van der Waals surface area contributed by atoms with Gasteiger partial charge in [0.15, 0.2) is 5.65 Å². The zero-order chi connectivity index (χ0) is 21.0. The molecule has 6 nitrogen and oxygen atoms in total. The maximum Gasteiger partial charge on any atom is 0.449 e. The molecule has 2 heterocycles. The lowest BCUT2D eigenvalue weighted by atomic mass is 10.2. The normalized spacial score (nSPS) is 12.7. The molecular formula is C20H21F3N4O2. The fourth-order valence-corrected chi connectivity index (χ4v) is 3.09. The first kappa shape index (κ1) is 20.6. The number of fused-ring (bicyclic) bond motifs is 1. The number of carbonyl (C=O) groups excluding carboxylic acids is 1. The molecule has 2 aromatic heterocycles. The standard InChI is InChI=1S/C20H21F3N4O2/c1-3-15(12-26(2)19(28)29-13-14-8-5-4-6-9-14)27-17-16(10-7-11-24-17)25-18(27)20(21,22)23/h4-11,15H,3,12-13H2,1-2H3/t15-/m0/s1. The van der Waals surface area contributed by atoms with Crippen LogP contribution in [0.2, 0.25) is 0 Å². The molecule has 0 aliphatic carbocycles. The van der Waals surface area contributed by atoms with Crippen LogP contribution in [-0.2, 0) is 17.5 Å². The Morgan fingerprint density at radius 2 is 1.93 bits per heavy atom. The van der Waals surface area contributed by atoms with Gasteiger partial charge >= 0.3 is 12.3 Å². The largest absolute Gasteiger partial charge is 0.449 e. The second-order valence-corrected chi connectivity index (χ2v) is 6.63. The first-order valence-electron chi connectivity index (χ1n) is 9.13. The van der Waals surface area contributed by atoms with Crippen molar-refractivity contribution >= 4 is 17.3 Å². The number of nitrogens with zero attached hydrogens (tertiary/aromatic N) is 4. The lowest BCUT2D eigenvalue weighted by Gasteiger charge is -2.26. The van der Waals surface area contributed by atoms with Gasteiger partial charge in [0, 0.05) is 19.8 Å². The zero-order valence-corrected chi connectivity index (χ0v) is 16.1. The van der Waals surface area contributed by atoms with E-state index in [0.717, 1.165) is 10.1 Å². The molecule has 9 heteroatoms. The van der Waals surface area contributed by atoms with Gasteiger partial charge in [-0.05, 0) is 24.1 Å². The van der Waals surface area contributed by atoms with E-state index in [2.05, 4.69) is 9.97 Å². The van der Waals surface area contributed by atoms with Crippen molar-refractivity contribution in [3.8, 4) is 0 Å². The Morgan fingerprint density at radius 1 is 1.21 bits per heavy atom. The van der Waals surface area contributed by atoms with Crippen LogP contribution in [0.3, 0.4) is 0 Å². The summed E-state index contributed by atoms with van der Waals surface area (Å²) in [4.78, 5) is 21.4. The van der Waals surface area contributed by atoms with Crippen LogP contribution in [0.4, 0.5) is 18.0 Å². The van der Waals surface area contributed by atoms with Crippen LogP contribution in [0.5, 0.6) is 0 Å². The summed E-state index contributed by atoms with van der Waals surface area (Å²) < 4.78 is 47.0. The van der Waals surface area contributed by atoms with Crippen LogP contribution in [0, 0.1) is 0 Å². The number of benzene rings is 1. The summed E-state index contributed by atoms with van der Waals surface area (Å²) in [5.74, 6) is -1.02. The number of hydrogen-bond donors (Lipinski definition) is 0.